The molecule has 1 aromatic carbocycles. The quantitative estimate of drug-likeness (QED) is 0.920. The highest BCUT2D eigenvalue weighted by atomic mass is 32.2. The molecule has 0 aliphatic heterocycles. The van der Waals surface area contributed by atoms with E-state index in [4.69, 9.17) is 5.26 Å². The van der Waals surface area contributed by atoms with Gasteiger partial charge in [0.1, 0.15) is 11.9 Å². The van der Waals surface area contributed by atoms with Crippen molar-refractivity contribution in [3.05, 3.63) is 29.6 Å². The molecule has 0 atom stereocenters. The van der Waals surface area contributed by atoms with Crippen LogP contribution in [0.2, 0.25) is 0 Å². The van der Waals surface area contributed by atoms with Crippen molar-refractivity contribution in [2.24, 2.45) is 5.41 Å². The Hall–Kier alpha value is -1.45. The lowest BCUT2D eigenvalue weighted by Gasteiger charge is -2.38. The van der Waals surface area contributed by atoms with Crippen LogP contribution in [0.3, 0.4) is 0 Å². The molecule has 1 fully saturated rings. The first kappa shape index (κ1) is 14.0. The van der Waals surface area contributed by atoms with Gasteiger partial charge >= 0.3 is 0 Å². The van der Waals surface area contributed by atoms with Crippen molar-refractivity contribution in [3.63, 3.8) is 0 Å². The molecule has 6 heteroatoms. The maximum atomic E-state index is 13.2. The van der Waals surface area contributed by atoms with Gasteiger partial charge in [0.2, 0.25) is 10.0 Å². The Morgan fingerprint density at radius 2 is 2.16 bits per heavy atom. The smallest absolute Gasteiger partial charge is 0.211 e. The number of hydrogen-bond acceptors (Lipinski definition) is 3. The lowest BCUT2D eigenvalue weighted by molar-refractivity contribution is 0.166. The second-order valence-corrected chi connectivity index (χ2v) is 7.01. The van der Waals surface area contributed by atoms with Gasteiger partial charge in [0.15, 0.2) is 0 Å². The van der Waals surface area contributed by atoms with E-state index in [1.54, 1.807) is 6.07 Å². The first-order chi connectivity index (χ1) is 8.86. The normalized spacial score (nSPS) is 17.5. The lowest BCUT2D eigenvalue weighted by atomic mass is 9.71. The molecule has 1 saturated carbocycles. The van der Waals surface area contributed by atoms with Gasteiger partial charge in [-0.05, 0) is 36.5 Å². The second-order valence-electron chi connectivity index (χ2n) is 5.24. The van der Waals surface area contributed by atoms with E-state index in [0.29, 0.717) is 6.54 Å². The Morgan fingerprint density at radius 3 is 2.68 bits per heavy atom. The highest BCUT2D eigenvalue weighted by molar-refractivity contribution is 7.89. The van der Waals surface area contributed by atoms with Gasteiger partial charge in [-0.15, -0.1) is 0 Å². The molecule has 0 saturated heterocycles. The molecule has 1 aliphatic rings. The Bertz CT molecular complexity index is 631. The predicted molar refractivity (Wildman–Crippen MR) is 68.3 cm³/mol. The van der Waals surface area contributed by atoms with Gasteiger partial charge in [-0.1, -0.05) is 13.3 Å². The van der Waals surface area contributed by atoms with Crippen LogP contribution in [0.15, 0.2) is 23.1 Å². The third-order valence-corrected chi connectivity index (χ3v) is 5.02. The molecule has 1 aromatic rings. The molecule has 102 valence electrons. The molecule has 2 rings (SSSR count). The monoisotopic (exact) mass is 282 g/mol. The summed E-state index contributed by atoms with van der Waals surface area (Å²) in [5.41, 5.74) is -0.247. The largest absolute Gasteiger partial charge is 0.240 e. The van der Waals surface area contributed by atoms with Crippen LogP contribution in [0.5, 0.6) is 0 Å². The molecule has 4 nitrogen and oxygen atoms in total. The molecule has 1 N–H and O–H groups in total. The summed E-state index contributed by atoms with van der Waals surface area (Å²) in [5, 5.41) is 8.71. The molecular weight excluding hydrogens is 267 g/mol. The standard InChI is InChI=1S/C13H15FN2O2S/c1-13(5-2-6-13)9-16-19(17,18)11-3-4-12(14)10(7-11)8-15/h3-4,7,16H,2,5-6,9H2,1H3. The van der Waals surface area contributed by atoms with Crippen LogP contribution < -0.4 is 4.72 Å². The Kier molecular flexibility index (Phi) is 3.61. The number of hydrogen-bond donors (Lipinski definition) is 1. The summed E-state index contributed by atoms with van der Waals surface area (Å²) in [6, 6.07) is 4.86. The maximum Gasteiger partial charge on any atom is 0.240 e. The summed E-state index contributed by atoms with van der Waals surface area (Å²) >= 11 is 0. The zero-order valence-corrected chi connectivity index (χ0v) is 11.4. The summed E-state index contributed by atoms with van der Waals surface area (Å²) in [6.45, 7) is 2.40. The van der Waals surface area contributed by atoms with Gasteiger partial charge in [-0.2, -0.15) is 5.26 Å². The van der Waals surface area contributed by atoms with Gasteiger partial charge in [-0.3, -0.25) is 0 Å². The van der Waals surface area contributed by atoms with E-state index in [-0.39, 0.29) is 15.9 Å². The minimum atomic E-state index is -3.69. The zero-order chi connectivity index (χ0) is 14.1. The second kappa shape index (κ2) is 4.91. The summed E-state index contributed by atoms with van der Waals surface area (Å²) in [7, 11) is -3.69. The fraction of sp³-hybridized carbons (Fsp3) is 0.462. The number of sulfonamides is 1. The molecule has 19 heavy (non-hydrogen) atoms. The van der Waals surface area contributed by atoms with Gasteiger partial charge in [0.05, 0.1) is 10.5 Å². The van der Waals surface area contributed by atoms with Crippen LogP contribution in [0.25, 0.3) is 0 Å². The van der Waals surface area contributed by atoms with Crippen LogP contribution in [-0.4, -0.2) is 15.0 Å². The summed E-state index contributed by atoms with van der Waals surface area (Å²) in [5.74, 6) is -0.715. The minimum Gasteiger partial charge on any atom is -0.211 e. The zero-order valence-electron chi connectivity index (χ0n) is 10.6. The van der Waals surface area contributed by atoms with Crippen molar-refractivity contribution >= 4 is 10.0 Å². The Morgan fingerprint density at radius 1 is 1.47 bits per heavy atom. The lowest BCUT2D eigenvalue weighted by Crippen LogP contribution is -2.39. The van der Waals surface area contributed by atoms with Gasteiger partial charge in [-0.25, -0.2) is 17.5 Å². The molecule has 0 bridgehead atoms. The van der Waals surface area contributed by atoms with Gasteiger partial charge in [0.25, 0.3) is 0 Å². The average molecular weight is 282 g/mol. The van der Waals surface area contributed by atoms with Crippen molar-refractivity contribution in [1.29, 1.82) is 5.26 Å². The van der Waals surface area contributed by atoms with E-state index in [0.717, 1.165) is 31.4 Å². The fourth-order valence-electron chi connectivity index (χ4n) is 2.07. The third kappa shape index (κ3) is 2.94. The highest BCUT2D eigenvalue weighted by Gasteiger charge is 2.33. The first-order valence-corrected chi connectivity index (χ1v) is 7.54. The van der Waals surface area contributed by atoms with E-state index >= 15 is 0 Å². The molecule has 0 spiro atoms. The molecule has 0 radical (unpaired) electrons. The average Bonchev–Trinajstić information content (AvgIpc) is 2.34. The molecule has 0 heterocycles. The number of benzene rings is 1. The predicted octanol–water partition coefficient (Wildman–Crippen LogP) is 2.17. The number of halogens is 1. The minimum absolute atomic E-state index is 0.0190. The Balaban J connectivity index is 2.17. The third-order valence-electron chi connectivity index (χ3n) is 3.62. The number of rotatable bonds is 4. The molecule has 0 amide bonds. The maximum absolute atomic E-state index is 13.2. The molecular formula is C13H15FN2O2S. The van der Waals surface area contributed by atoms with Crippen molar-refractivity contribution in [1.82, 2.24) is 4.72 Å². The fourth-order valence-corrected chi connectivity index (χ4v) is 3.29. The number of nitrogens with one attached hydrogen (secondary N) is 1. The molecule has 1 aliphatic carbocycles. The van der Waals surface area contributed by atoms with E-state index in [2.05, 4.69) is 4.72 Å². The van der Waals surface area contributed by atoms with Crippen molar-refractivity contribution in [3.8, 4) is 6.07 Å². The highest BCUT2D eigenvalue weighted by Crippen LogP contribution is 2.39. The Labute approximate surface area is 112 Å². The molecule has 0 aromatic heterocycles. The van der Waals surface area contributed by atoms with E-state index < -0.39 is 15.8 Å². The first-order valence-electron chi connectivity index (χ1n) is 6.06. The summed E-state index contributed by atoms with van der Waals surface area (Å²) in [6.07, 6.45) is 3.12. The van der Waals surface area contributed by atoms with Crippen LogP contribution >= 0.6 is 0 Å². The van der Waals surface area contributed by atoms with Crippen molar-refractivity contribution in [2.45, 2.75) is 31.1 Å². The number of nitriles is 1. The van der Waals surface area contributed by atoms with E-state index in [1.165, 1.54) is 6.07 Å². The van der Waals surface area contributed by atoms with Crippen molar-refractivity contribution in [2.75, 3.05) is 6.54 Å². The van der Waals surface area contributed by atoms with Gasteiger partial charge < -0.3 is 0 Å². The van der Waals surface area contributed by atoms with E-state index in [9.17, 15) is 12.8 Å². The summed E-state index contributed by atoms with van der Waals surface area (Å²) in [4.78, 5) is -0.0756. The number of nitrogens with zero attached hydrogens (tertiary/aromatic N) is 1. The van der Waals surface area contributed by atoms with Crippen LogP contribution in [-0.2, 0) is 10.0 Å². The van der Waals surface area contributed by atoms with Gasteiger partial charge in [0, 0.05) is 6.54 Å². The van der Waals surface area contributed by atoms with Crippen molar-refractivity contribution < 1.29 is 12.8 Å². The van der Waals surface area contributed by atoms with Crippen LogP contribution in [0, 0.1) is 22.6 Å². The summed E-state index contributed by atoms with van der Waals surface area (Å²) < 4.78 is 39.8. The topological polar surface area (TPSA) is 70.0 Å². The van der Waals surface area contributed by atoms with Crippen LogP contribution in [0.4, 0.5) is 4.39 Å². The SMILES string of the molecule is CC1(CNS(=O)(=O)c2ccc(F)c(C#N)c2)CCC1. The molecule has 0 unspecified atom stereocenters. The van der Waals surface area contributed by atoms with Crippen LogP contribution in [0.1, 0.15) is 31.7 Å². The van der Waals surface area contributed by atoms with E-state index in [1.807, 2.05) is 6.92 Å².